The van der Waals surface area contributed by atoms with Crippen LogP contribution in [-0.4, -0.2) is 36.4 Å². The van der Waals surface area contributed by atoms with Crippen molar-refractivity contribution in [1.82, 2.24) is 4.98 Å². The Bertz CT molecular complexity index is 391. The summed E-state index contributed by atoms with van der Waals surface area (Å²) in [6.45, 7) is 2.13. The first-order chi connectivity index (χ1) is 8.17. The lowest BCUT2D eigenvalue weighted by molar-refractivity contribution is -0.139. The lowest BCUT2D eigenvalue weighted by Crippen LogP contribution is -2.07. The molecule has 6 heteroatoms. The minimum Gasteiger partial charge on any atom is -0.465 e. The molecule has 1 aromatic heterocycles. The van der Waals surface area contributed by atoms with Crippen LogP contribution in [-0.2, 0) is 14.3 Å². The minimum absolute atomic E-state index is 0.207. The van der Waals surface area contributed by atoms with Crippen LogP contribution in [0.25, 0.3) is 0 Å². The zero-order valence-corrected chi connectivity index (χ0v) is 10.5. The summed E-state index contributed by atoms with van der Waals surface area (Å²) in [6, 6.07) is 3.27. The van der Waals surface area contributed by atoms with Crippen LogP contribution in [0.15, 0.2) is 23.4 Å². The number of aromatic nitrogens is 1. The quantitative estimate of drug-likeness (QED) is 0.587. The molecule has 0 spiro atoms. The predicted octanol–water partition coefficient (Wildman–Crippen LogP) is 1.52. The lowest BCUT2D eigenvalue weighted by atomic mass is 10.3. The van der Waals surface area contributed by atoms with Gasteiger partial charge >= 0.3 is 11.9 Å². The zero-order valence-electron chi connectivity index (χ0n) is 9.63. The van der Waals surface area contributed by atoms with Gasteiger partial charge in [-0.1, -0.05) is 11.8 Å². The molecule has 0 N–H and O–H groups in total. The summed E-state index contributed by atoms with van der Waals surface area (Å²) in [7, 11) is 1.31. The van der Waals surface area contributed by atoms with Crippen molar-refractivity contribution >= 4 is 23.7 Å². The van der Waals surface area contributed by atoms with Crippen molar-refractivity contribution in [2.45, 2.75) is 11.9 Å². The summed E-state index contributed by atoms with van der Waals surface area (Å²) in [5, 5.41) is 0.658. The second-order valence-corrected chi connectivity index (χ2v) is 3.97. The number of hydrogen-bond donors (Lipinski definition) is 0. The van der Waals surface area contributed by atoms with Crippen LogP contribution < -0.4 is 0 Å². The van der Waals surface area contributed by atoms with Gasteiger partial charge in [-0.25, -0.2) is 9.78 Å². The van der Waals surface area contributed by atoms with Crippen LogP contribution >= 0.6 is 11.8 Å². The van der Waals surface area contributed by atoms with Gasteiger partial charge in [0.25, 0.3) is 0 Å². The number of rotatable bonds is 5. The number of methoxy groups -OCH3 is 1. The molecule has 0 saturated carbocycles. The average Bonchev–Trinajstić information content (AvgIpc) is 2.36. The fourth-order valence-electron chi connectivity index (χ4n) is 1.04. The number of carbonyl (C=O) groups is 2. The molecular formula is C11H13NO4S. The lowest BCUT2D eigenvalue weighted by Gasteiger charge is -2.02. The number of thioether (sulfide) groups is 1. The summed E-state index contributed by atoms with van der Waals surface area (Å²) in [5.41, 5.74) is 0.382. The molecule has 0 aliphatic rings. The van der Waals surface area contributed by atoms with E-state index in [1.54, 1.807) is 19.1 Å². The number of pyridine rings is 1. The van der Waals surface area contributed by atoms with E-state index in [1.165, 1.54) is 25.1 Å². The SMILES string of the molecule is CCOC(=O)CSc1ccc(C(=O)OC)cn1. The third-order valence-corrected chi connectivity index (χ3v) is 2.72. The molecule has 5 nitrogen and oxygen atoms in total. The van der Waals surface area contributed by atoms with Crippen molar-refractivity contribution in [2.75, 3.05) is 19.5 Å². The monoisotopic (exact) mass is 255 g/mol. The zero-order chi connectivity index (χ0) is 12.7. The molecule has 1 rings (SSSR count). The van der Waals surface area contributed by atoms with Crippen molar-refractivity contribution < 1.29 is 19.1 Å². The van der Waals surface area contributed by atoms with E-state index >= 15 is 0 Å². The molecule has 0 aliphatic heterocycles. The second-order valence-electron chi connectivity index (χ2n) is 2.97. The Balaban J connectivity index is 2.51. The summed E-state index contributed by atoms with van der Waals surface area (Å²) < 4.78 is 9.33. The molecule has 1 heterocycles. The number of hydrogen-bond acceptors (Lipinski definition) is 6. The van der Waals surface area contributed by atoms with Crippen LogP contribution in [0.5, 0.6) is 0 Å². The van der Waals surface area contributed by atoms with Gasteiger partial charge in [0, 0.05) is 6.20 Å². The molecule has 17 heavy (non-hydrogen) atoms. The molecule has 1 aromatic rings. The maximum atomic E-state index is 11.1. The first-order valence-corrected chi connectivity index (χ1v) is 5.98. The van der Waals surface area contributed by atoms with Gasteiger partial charge in [-0.2, -0.15) is 0 Å². The van der Waals surface area contributed by atoms with E-state index in [4.69, 9.17) is 4.74 Å². The minimum atomic E-state index is -0.431. The van der Waals surface area contributed by atoms with Crippen molar-refractivity contribution in [3.05, 3.63) is 23.9 Å². The number of esters is 2. The Morgan fingerprint density at radius 2 is 2.18 bits per heavy atom. The third kappa shape index (κ3) is 4.44. The highest BCUT2D eigenvalue weighted by Gasteiger charge is 2.07. The Labute approximate surface area is 104 Å². The van der Waals surface area contributed by atoms with E-state index in [1.807, 2.05) is 0 Å². The fraction of sp³-hybridized carbons (Fsp3) is 0.364. The highest BCUT2D eigenvalue weighted by Crippen LogP contribution is 2.15. The van der Waals surface area contributed by atoms with Crippen molar-refractivity contribution in [3.8, 4) is 0 Å². The van der Waals surface area contributed by atoms with Gasteiger partial charge in [0.1, 0.15) is 0 Å². The largest absolute Gasteiger partial charge is 0.465 e. The summed E-state index contributed by atoms with van der Waals surface area (Å²) >= 11 is 1.26. The molecule has 0 atom stereocenters. The second kappa shape index (κ2) is 6.90. The van der Waals surface area contributed by atoms with Gasteiger partial charge in [0.2, 0.25) is 0 Å². The highest BCUT2D eigenvalue weighted by molar-refractivity contribution is 7.99. The molecule has 0 bridgehead atoms. The number of carbonyl (C=O) groups excluding carboxylic acids is 2. The van der Waals surface area contributed by atoms with E-state index in [-0.39, 0.29) is 11.7 Å². The molecule has 0 aromatic carbocycles. The number of nitrogens with zero attached hydrogens (tertiary/aromatic N) is 1. The van der Waals surface area contributed by atoms with Gasteiger partial charge in [-0.05, 0) is 19.1 Å². The van der Waals surface area contributed by atoms with E-state index in [2.05, 4.69) is 9.72 Å². The molecule has 0 radical (unpaired) electrons. The Hall–Kier alpha value is -1.56. The molecule has 0 fully saturated rings. The third-order valence-electron chi connectivity index (χ3n) is 1.80. The molecule has 92 valence electrons. The van der Waals surface area contributed by atoms with Crippen molar-refractivity contribution in [1.29, 1.82) is 0 Å². The molecule has 0 amide bonds. The Kier molecular flexibility index (Phi) is 5.48. The maximum Gasteiger partial charge on any atom is 0.339 e. The van der Waals surface area contributed by atoms with E-state index in [9.17, 15) is 9.59 Å². The normalized spacial score (nSPS) is 9.76. The topological polar surface area (TPSA) is 65.5 Å². The van der Waals surface area contributed by atoms with Crippen LogP contribution in [0.1, 0.15) is 17.3 Å². The number of ether oxygens (including phenoxy) is 2. The fourth-order valence-corrected chi connectivity index (χ4v) is 1.68. The smallest absolute Gasteiger partial charge is 0.339 e. The van der Waals surface area contributed by atoms with Crippen LogP contribution in [0.3, 0.4) is 0 Å². The summed E-state index contributed by atoms with van der Waals surface area (Å²) in [6.07, 6.45) is 1.42. The van der Waals surface area contributed by atoms with Gasteiger partial charge in [-0.15, -0.1) is 0 Å². The molecule has 0 saturated heterocycles. The van der Waals surface area contributed by atoms with Crippen molar-refractivity contribution in [2.24, 2.45) is 0 Å². The highest BCUT2D eigenvalue weighted by atomic mass is 32.2. The van der Waals surface area contributed by atoms with Gasteiger partial charge in [0.15, 0.2) is 0 Å². The maximum absolute atomic E-state index is 11.1. The van der Waals surface area contributed by atoms with E-state index in [0.29, 0.717) is 17.2 Å². The summed E-state index contributed by atoms with van der Waals surface area (Å²) in [5.74, 6) is -0.505. The average molecular weight is 255 g/mol. The Morgan fingerprint density at radius 3 is 2.71 bits per heavy atom. The molecule has 0 unspecified atom stereocenters. The van der Waals surface area contributed by atoms with E-state index < -0.39 is 5.97 Å². The summed E-state index contributed by atoms with van der Waals surface area (Å²) in [4.78, 5) is 26.3. The first kappa shape index (κ1) is 13.5. The molecule has 0 aliphatic carbocycles. The van der Waals surface area contributed by atoms with Crippen molar-refractivity contribution in [3.63, 3.8) is 0 Å². The Morgan fingerprint density at radius 1 is 1.41 bits per heavy atom. The van der Waals surface area contributed by atoms with Gasteiger partial charge in [-0.3, -0.25) is 4.79 Å². The van der Waals surface area contributed by atoms with Crippen LogP contribution in [0.4, 0.5) is 0 Å². The van der Waals surface area contributed by atoms with Gasteiger partial charge < -0.3 is 9.47 Å². The first-order valence-electron chi connectivity index (χ1n) is 5.00. The van der Waals surface area contributed by atoms with E-state index in [0.717, 1.165) is 0 Å². The van der Waals surface area contributed by atoms with Gasteiger partial charge in [0.05, 0.1) is 30.1 Å². The van der Waals surface area contributed by atoms with Crippen LogP contribution in [0.2, 0.25) is 0 Å². The molecular weight excluding hydrogens is 242 g/mol. The van der Waals surface area contributed by atoms with Crippen LogP contribution in [0, 0.1) is 0 Å². The standard InChI is InChI=1S/C11H13NO4S/c1-3-16-10(13)7-17-9-5-4-8(6-12-9)11(14)15-2/h4-6H,3,7H2,1-2H3. The predicted molar refractivity (Wildman–Crippen MR) is 62.9 cm³/mol.